The lowest BCUT2D eigenvalue weighted by Crippen LogP contribution is -2.02. The average molecular weight is 308 g/mol. The van der Waals surface area contributed by atoms with Gasteiger partial charge >= 0.3 is 0 Å². The van der Waals surface area contributed by atoms with Gasteiger partial charge in [0.1, 0.15) is 5.75 Å². The maximum absolute atomic E-state index is 10.2. The zero-order chi connectivity index (χ0) is 15.2. The Bertz CT molecular complexity index is 616. The fourth-order valence-electron chi connectivity index (χ4n) is 1.99. The van der Waals surface area contributed by atoms with E-state index in [1.54, 1.807) is 31.4 Å². The summed E-state index contributed by atoms with van der Waals surface area (Å²) < 4.78 is 10.6. The molecule has 0 heterocycles. The van der Waals surface area contributed by atoms with Crippen LogP contribution in [0.1, 0.15) is 12.5 Å². The van der Waals surface area contributed by atoms with Crippen LogP contribution in [0.15, 0.2) is 36.4 Å². The van der Waals surface area contributed by atoms with Gasteiger partial charge in [-0.25, -0.2) is 0 Å². The van der Waals surface area contributed by atoms with E-state index >= 15 is 0 Å². The summed E-state index contributed by atoms with van der Waals surface area (Å²) in [5, 5.41) is 14.0. The highest BCUT2D eigenvalue weighted by atomic mass is 35.5. The normalized spacial score (nSPS) is 10.2. The molecule has 0 radical (unpaired) electrons. The Balaban J connectivity index is 2.17. The van der Waals surface area contributed by atoms with Crippen LogP contribution < -0.4 is 14.8 Å². The molecular formula is C16H18ClNO3. The van der Waals surface area contributed by atoms with Crippen molar-refractivity contribution >= 4 is 17.3 Å². The lowest BCUT2D eigenvalue weighted by Gasteiger charge is -2.14. The van der Waals surface area contributed by atoms with Gasteiger partial charge < -0.3 is 19.9 Å². The van der Waals surface area contributed by atoms with Crippen molar-refractivity contribution in [1.82, 2.24) is 0 Å². The molecule has 0 aliphatic carbocycles. The molecule has 2 N–H and O–H groups in total. The number of hydrogen-bond donors (Lipinski definition) is 2. The maximum atomic E-state index is 10.2. The van der Waals surface area contributed by atoms with Gasteiger partial charge in [-0.05, 0) is 31.2 Å². The molecule has 0 saturated carbocycles. The Hall–Kier alpha value is -2.07. The van der Waals surface area contributed by atoms with Crippen molar-refractivity contribution in [3.63, 3.8) is 0 Å². The highest BCUT2D eigenvalue weighted by molar-refractivity contribution is 6.30. The molecule has 21 heavy (non-hydrogen) atoms. The molecule has 0 bridgehead atoms. The van der Waals surface area contributed by atoms with Gasteiger partial charge in [0.25, 0.3) is 0 Å². The Kier molecular flexibility index (Phi) is 5.17. The van der Waals surface area contributed by atoms with Crippen molar-refractivity contribution in [3.8, 4) is 17.2 Å². The first-order chi connectivity index (χ1) is 10.2. The SMILES string of the molecule is CCOc1cccc(CNc2cc(Cl)ccc2OC)c1O. The Morgan fingerprint density at radius 1 is 1.19 bits per heavy atom. The van der Waals surface area contributed by atoms with E-state index < -0.39 is 0 Å². The zero-order valence-electron chi connectivity index (χ0n) is 12.0. The molecule has 0 aromatic heterocycles. The van der Waals surface area contributed by atoms with Crippen LogP contribution >= 0.6 is 11.6 Å². The van der Waals surface area contributed by atoms with Crippen molar-refractivity contribution in [2.45, 2.75) is 13.5 Å². The van der Waals surface area contributed by atoms with E-state index in [1.165, 1.54) is 0 Å². The van der Waals surface area contributed by atoms with Crippen molar-refractivity contribution in [2.75, 3.05) is 19.0 Å². The topological polar surface area (TPSA) is 50.7 Å². The fraction of sp³-hybridized carbons (Fsp3) is 0.250. The van der Waals surface area contributed by atoms with Crippen LogP contribution in [-0.2, 0) is 6.54 Å². The summed E-state index contributed by atoms with van der Waals surface area (Å²) in [6.45, 7) is 2.82. The predicted molar refractivity (Wildman–Crippen MR) is 84.6 cm³/mol. The molecule has 0 fully saturated rings. The summed E-state index contributed by atoms with van der Waals surface area (Å²) in [5.41, 5.74) is 1.51. The highest BCUT2D eigenvalue weighted by Crippen LogP contribution is 2.32. The van der Waals surface area contributed by atoms with Crippen molar-refractivity contribution < 1.29 is 14.6 Å². The van der Waals surface area contributed by atoms with E-state index in [0.29, 0.717) is 29.7 Å². The summed E-state index contributed by atoms with van der Waals surface area (Å²) >= 11 is 5.99. The third-order valence-electron chi connectivity index (χ3n) is 3.01. The molecule has 2 rings (SSSR count). The first kappa shape index (κ1) is 15.3. The van der Waals surface area contributed by atoms with Crippen LogP contribution in [0.25, 0.3) is 0 Å². The van der Waals surface area contributed by atoms with Gasteiger partial charge in [-0.15, -0.1) is 0 Å². The minimum atomic E-state index is 0.146. The molecule has 112 valence electrons. The molecule has 2 aromatic carbocycles. The second-order valence-corrected chi connectivity index (χ2v) is 4.83. The molecule has 0 aliphatic heterocycles. The fourth-order valence-corrected chi connectivity index (χ4v) is 2.16. The van der Waals surface area contributed by atoms with Crippen molar-refractivity contribution in [2.24, 2.45) is 0 Å². The van der Waals surface area contributed by atoms with Crippen LogP contribution in [0.3, 0.4) is 0 Å². The predicted octanol–water partition coefficient (Wildman–Crippen LogP) is 4.07. The highest BCUT2D eigenvalue weighted by Gasteiger charge is 2.09. The van der Waals surface area contributed by atoms with E-state index in [9.17, 15) is 5.11 Å². The monoisotopic (exact) mass is 307 g/mol. The third-order valence-corrected chi connectivity index (χ3v) is 3.25. The van der Waals surface area contributed by atoms with Crippen LogP contribution in [0.2, 0.25) is 5.02 Å². The molecule has 2 aromatic rings. The molecular weight excluding hydrogens is 290 g/mol. The minimum absolute atomic E-state index is 0.146. The number of nitrogens with one attached hydrogen (secondary N) is 1. The van der Waals surface area contributed by atoms with Gasteiger partial charge in [-0.1, -0.05) is 23.7 Å². The van der Waals surface area contributed by atoms with Crippen molar-refractivity contribution in [1.29, 1.82) is 0 Å². The number of ether oxygens (including phenoxy) is 2. The van der Waals surface area contributed by atoms with E-state index in [-0.39, 0.29) is 5.75 Å². The summed E-state index contributed by atoms with van der Waals surface area (Å²) in [4.78, 5) is 0. The molecule has 0 unspecified atom stereocenters. The Morgan fingerprint density at radius 2 is 2.00 bits per heavy atom. The summed E-state index contributed by atoms with van der Waals surface area (Å²) in [6.07, 6.45) is 0. The number of phenols is 1. The van der Waals surface area contributed by atoms with Gasteiger partial charge in [0.2, 0.25) is 0 Å². The molecule has 5 heteroatoms. The van der Waals surface area contributed by atoms with Gasteiger partial charge in [-0.2, -0.15) is 0 Å². The lowest BCUT2D eigenvalue weighted by atomic mass is 10.1. The van der Waals surface area contributed by atoms with Crippen LogP contribution in [0.5, 0.6) is 17.2 Å². The number of methoxy groups -OCH3 is 1. The number of aromatic hydroxyl groups is 1. The minimum Gasteiger partial charge on any atom is -0.504 e. The van der Waals surface area contributed by atoms with Crippen LogP contribution in [0, 0.1) is 0 Å². The quantitative estimate of drug-likeness (QED) is 0.845. The molecule has 4 nitrogen and oxygen atoms in total. The van der Waals surface area contributed by atoms with E-state index in [4.69, 9.17) is 21.1 Å². The smallest absolute Gasteiger partial charge is 0.162 e. The van der Waals surface area contributed by atoms with E-state index in [2.05, 4.69) is 5.32 Å². The Labute approximate surface area is 129 Å². The number of para-hydroxylation sites is 1. The number of halogens is 1. The third kappa shape index (κ3) is 3.73. The number of rotatable bonds is 6. The number of benzene rings is 2. The summed E-state index contributed by atoms with van der Waals surface area (Å²) in [7, 11) is 1.60. The number of anilines is 1. The van der Waals surface area contributed by atoms with Gasteiger partial charge in [-0.3, -0.25) is 0 Å². The van der Waals surface area contributed by atoms with Crippen LogP contribution in [-0.4, -0.2) is 18.8 Å². The molecule has 0 spiro atoms. The molecule has 0 aliphatic rings. The number of phenolic OH excluding ortho intramolecular Hbond substituents is 1. The van der Waals surface area contributed by atoms with Crippen LogP contribution in [0.4, 0.5) is 5.69 Å². The largest absolute Gasteiger partial charge is 0.504 e. The van der Waals surface area contributed by atoms with Gasteiger partial charge in [0.15, 0.2) is 11.5 Å². The van der Waals surface area contributed by atoms with Crippen molar-refractivity contribution in [3.05, 3.63) is 47.0 Å². The first-order valence-corrected chi connectivity index (χ1v) is 7.04. The molecule has 0 amide bonds. The second kappa shape index (κ2) is 7.09. The lowest BCUT2D eigenvalue weighted by molar-refractivity contribution is 0.317. The standard InChI is InChI=1S/C16H18ClNO3/c1-3-21-15-6-4-5-11(16(15)19)10-18-13-9-12(17)7-8-14(13)20-2/h4-9,18-19H,3,10H2,1-2H3. The first-order valence-electron chi connectivity index (χ1n) is 6.66. The van der Waals surface area contributed by atoms with Gasteiger partial charge in [0.05, 0.1) is 19.4 Å². The second-order valence-electron chi connectivity index (χ2n) is 4.40. The average Bonchev–Trinajstić information content (AvgIpc) is 2.48. The Morgan fingerprint density at radius 3 is 2.71 bits per heavy atom. The summed E-state index contributed by atoms with van der Waals surface area (Å²) in [6, 6.07) is 10.8. The summed E-state index contributed by atoms with van der Waals surface area (Å²) in [5.74, 6) is 1.32. The zero-order valence-corrected chi connectivity index (χ0v) is 12.8. The van der Waals surface area contributed by atoms with E-state index in [0.717, 1.165) is 11.3 Å². The molecule has 0 atom stereocenters. The van der Waals surface area contributed by atoms with Gasteiger partial charge in [0, 0.05) is 17.1 Å². The number of hydrogen-bond acceptors (Lipinski definition) is 4. The van der Waals surface area contributed by atoms with E-state index in [1.807, 2.05) is 19.1 Å². The molecule has 0 saturated heterocycles. The maximum Gasteiger partial charge on any atom is 0.162 e.